The third-order valence-electron chi connectivity index (χ3n) is 5.66. The third kappa shape index (κ3) is 5.96. The van der Waals surface area contributed by atoms with Gasteiger partial charge in [0.25, 0.3) is 10.0 Å². The van der Waals surface area contributed by atoms with E-state index < -0.39 is 27.5 Å². The number of pyridine rings is 1. The highest BCUT2D eigenvalue weighted by Crippen LogP contribution is 2.40. The number of carbonyl (C=O) groups is 1. The first-order chi connectivity index (χ1) is 18.4. The summed E-state index contributed by atoms with van der Waals surface area (Å²) in [6, 6.07) is 13.9. The van der Waals surface area contributed by atoms with Crippen molar-refractivity contribution in [2.24, 2.45) is 0 Å². The predicted molar refractivity (Wildman–Crippen MR) is 143 cm³/mol. The molecule has 1 N–H and O–H groups in total. The standard InChI is InChI=1S/C27H21F3N2O5S2/c1-16(20-13-21(24-5-4-12-38-24)23(37-3)14-22(20)36-2)26(33)17-6-9-19(10-7-17)39(34,35)32-25-11-8-18(15-31-25)27(28,29)30/h4-15H,1H2,2-3H3,(H,31,32). The summed E-state index contributed by atoms with van der Waals surface area (Å²) >= 11 is 1.50. The molecule has 0 spiro atoms. The van der Waals surface area contributed by atoms with Crippen molar-refractivity contribution in [3.05, 3.63) is 95.5 Å². The maximum atomic E-state index is 13.3. The molecule has 2 aromatic carbocycles. The minimum Gasteiger partial charge on any atom is -0.496 e. The number of benzene rings is 2. The van der Waals surface area contributed by atoms with Gasteiger partial charge in [0.05, 0.1) is 24.7 Å². The van der Waals surface area contributed by atoms with Gasteiger partial charge in [-0.05, 0) is 53.9 Å². The average molecular weight is 575 g/mol. The number of aromatic nitrogens is 1. The maximum Gasteiger partial charge on any atom is 0.417 e. The van der Waals surface area contributed by atoms with Crippen LogP contribution in [0.25, 0.3) is 16.0 Å². The summed E-state index contributed by atoms with van der Waals surface area (Å²) in [5.74, 6) is 0.183. The number of ether oxygens (including phenoxy) is 2. The van der Waals surface area contributed by atoms with Crippen molar-refractivity contribution in [3.63, 3.8) is 0 Å². The van der Waals surface area contributed by atoms with E-state index >= 15 is 0 Å². The van der Waals surface area contributed by atoms with Gasteiger partial charge in [0.1, 0.15) is 17.3 Å². The van der Waals surface area contributed by atoms with Gasteiger partial charge in [-0.2, -0.15) is 13.2 Å². The fourth-order valence-corrected chi connectivity index (χ4v) is 5.42. The number of sulfonamides is 1. The molecule has 4 rings (SSSR count). The fourth-order valence-electron chi connectivity index (χ4n) is 3.66. The Bertz CT molecular complexity index is 1620. The Morgan fingerprint density at radius 1 is 1.00 bits per heavy atom. The highest BCUT2D eigenvalue weighted by atomic mass is 32.2. The lowest BCUT2D eigenvalue weighted by Gasteiger charge is -2.16. The summed E-state index contributed by atoms with van der Waals surface area (Å²) in [6.45, 7) is 3.95. The number of rotatable bonds is 9. The molecule has 12 heteroatoms. The largest absolute Gasteiger partial charge is 0.496 e. The number of halogens is 3. The number of Topliss-reactive ketones (excluding diaryl/α,β-unsaturated/α-hetero) is 1. The van der Waals surface area contributed by atoms with E-state index in [-0.39, 0.29) is 21.8 Å². The molecule has 39 heavy (non-hydrogen) atoms. The summed E-state index contributed by atoms with van der Waals surface area (Å²) in [4.78, 5) is 17.5. The van der Waals surface area contributed by atoms with Crippen LogP contribution in [0.15, 0.2) is 83.7 Å². The van der Waals surface area contributed by atoms with E-state index in [1.807, 2.05) is 17.5 Å². The van der Waals surface area contributed by atoms with Crippen LogP contribution in [0.3, 0.4) is 0 Å². The van der Waals surface area contributed by atoms with Crippen LogP contribution in [-0.2, 0) is 16.2 Å². The first-order valence-electron chi connectivity index (χ1n) is 11.1. The molecule has 0 aliphatic rings. The molecule has 0 bridgehead atoms. The van der Waals surface area contributed by atoms with Crippen molar-refractivity contribution >= 4 is 38.5 Å². The molecule has 202 valence electrons. The van der Waals surface area contributed by atoms with E-state index in [1.54, 1.807) is 12.1 Å². The normalized spacial score (nSPS) is 11.6. The molecule has 4 aromatic rings. The number of hydrogen-bond acceptors (Lipinski definition) is 7. The minimum absolute atomic E-state index is 0.120. The maximum absolute atomic E-state index is 13.3. The fraction of sp³-hybridized carbons (Fsp3) is 0.111. The number of thiophene rings is 1. The Kier molecular flexibility index (Phi) is 7.79. The number of nitrogens with one attached hydrogen (secondary N) is 1. The molecule has 0 atom stereocenters. The van der Waals surface area contributed by atoms with Crippen molar-refractivity contribution in [1.82, 2.24) is 4.98 Å². The van der Waals surface area contributed by atoms with Crippen LogP contribution in [0, 0.1) is 0 Å². The molecular weight excluding hydrogens is 553 g/mol. The number of nitrogens with zero attached hydrogens (tertiary/aromatic N) is 1. The second-order valence-corrected chi connectivity index (χ2v) is 10.7. The van der Waals surface area contributed by atoms with E-state index in [9.17, 15) is 26.4 Å². The van der Waals surface area contributed by atoms with Gasteiger partial charge in [0.2, 0.25) is 0 Å². The molecule has 0 saturated heterocycles. The van der Waals surface area contributed by atoms with E-state index in [4.69, 9.17) is 9.47 Å². The molecule has 2 aromatic heterocycles. The van der Waals surface area contributed by atoms with Gasteiger partial charge in [0.15, 0.2) is 5.78 Å². The van der Waals surface area contributed by atoms with Gasteiger partial charge < -0.3 is 9.47 Å². The van der Waals surface area contributed by atoms with Crippen LogP contribution in [0.1, 0.15) is 21.5 Å². The Balaban J connectivity index is 1.57. The lowest BCUT2D eigenvalue weighted by molar-refractivity contribution is -0.137. The molecule has 7 nitrogen and oxygen atoms in total. The highest BCUT2D eigenvalue weighted by Gasteiger charge is 2.31. The average Bonchev–Trinajstić information content (AvgIpc) is 3.46. The number of carbonyl (C=O) groups excluding carboxylic acids is 1. The lowest BCUT2D eigenvalue weighted by Crippen LogP contribution is -2.15. The van der Waals surface area contributed by atoms with Gasteiger partial charge >= 0.3 is 6.18 Å². The Morgan fingerprint density at radius 3 is 2.23 bits per heavy atom. The zero-order valence-electron chi connectivity index (χ0n) is 20.6. The second-order valence-electron chi connectivity index (χ2n) is 8.10. The number of ketones is 1. The minimum atomic E-state index is -4.60. The van der Waals surface area contributed by atoms with Crippen molar-refractivity contribution in [1.29, 1.82) is 0 Å². The quantitative estimate of drug-likeness (QED) is 0.180. The van der Waals surface area contributed by atoms with Crippen LogP contribution < -0.4 is 14.2 Å². The van der Waals surface area contributed by atoms with Crippen LogP contribution >= 0.6 is 11.3 Å². The molecule has 0 aliphatic carbocycles. The number of alkyl halides is 3. The van der Waals surface area contributed by atoms with Crippen molar-refractivity contribution in [2.45, 2.75) is 11.1 Å². The molecule has 2 heterocycles. The molecule has 0 unspecified atom stereocenters. The molecule has 0 radical (unpaired) electrons. The summed E-state index contributed by atoms with van der Waals surface area (Å²) in [5.41, 5.74) is 0.474. The van der Waals surface area contributed by atoms with Gasteiger partial charge in [-0.25, -0.2) is 13.4 Å². The van der Waals surface area contributed by atoms with Crippen LogP contribution in [0.5, 0.6) is 11.5 Å². The molecule has 0 aliphatic heterocycles. The third-order valence-corrected chi connectivity index (χ3v) is 7.94. The Morgan fingerprint density at radius 2 is 1.69 bits per heavy atom. The molecular formula is C27H21F3N2O5S2. The summed E-state index contributed by atoms with van der Waals surface area (Å²) < 4.78 is 76.7. The van der Waals surface area contributed by atoms with Crippen LogP contribution in [-0.4, -0.2) is 33.4 Å². The first kappa shape index (κ1) is 27.9. The van der Waals surface area contributed by atoms with E-state index in [0.717, 1.165) is 22.6 Å². The summed E-state index contributed by atoms with van der Waals surface area (Å²) in [6.07, 6.45) is -4.07. The van der Waals surface area contributed by atoms with Crippen molar-refractivity contribution < 1.29 is 35.9 Å². The summed E-state index contributed by atoms with van der Waals surface area (Å²) in [5, 5.41) is 1.91. The van der Waals surface area contributed by atoms with Gasteiger partial charge in [-0.3, -0.25) is 9.52 Å². The van der Waals surface area contributed by atoms with Crippen molar-refractivity contribution in [3.8, 4) is 21.9 Å². The van der Waals surface area contributed by atoms with Gasteiger partial charge in [0, 0.05) is 39.4 Å². The van der Waals surface area contributed by atoms with Crippen LogP contribution in [0.2, 0.25) is 0 Å². The SMILES string of the molecule is C=C(C(=O)c1ccc(S(=O)(=O)Nc2ccc(C(F)(F)F)cn2)cc1)c1cc(-c2cccs2)c(OC)cc1OC. The van der Waals surface area contributed by atoms with Gasteiger partial charge in [-0.15, -0.1) is 11.3 Å². The zero-order valence-corrected chi connectivity index (χ0v) is 22.2. The number of allylic oxidation sites excluding steroid dienone is 1. The molecule has 0 fully saturated rings. The smallest absolute Gasteiger partial charge is 0.417 e. The van der Waals surface area contributed by atoms with E-state index in [1.165, 1.54) is 49.8 Å². The zero-order chi connectivity index (χ0) is 28.4. The van der Waals surface area contributed by atoms with E-state index in [2.05, 4.69) is 16.3 Å². The number of anilines is 1. The van der Waals surface area contributed by atoms with Crippen LogP contribution in [0.4, 0.5) is 19.0 Å². The Hall–Kier alpha value is -4.16. The monoisotopic (exact) mass is 574 g/mol. The first-order valence-corrected chi connectivity index (χ1v) is 13.5. The molecule has 0 amide bonds. The second kappa shape index (κ2) is 10.9. The van der Waals surface area contributed by atoms with Gasteiger partial charge in [-0.1, -0.05) is 12.6 Å². The molecule has 0 saturated carbocycles. The van der Waals surface area contributed by atoms with E-state index in [0.29, 0.717) is 23.3 Å². The number of hydrogen-bond donors (Lipinski definition) is 1. The number of methoxy groups -OCH3 is 2. The van der Waals surface area contributed by atoms with Crippen molar-refractivity contribution in [2.75, 3.05) is 18.9 Å². The highest BCUT2D eigenvalue weighted by molar-refractivity contribution is 7.92. The lowest BCUT2D eigenvalue weighted by atomic mass is 9.95. The topological polar surface area (TPSA) is 94.6 Å². The summed E-state index contributed by atoms with van der Waals surface area (Å²) in [7, 11) is -1.20. The Labute approximate surface area is 226 Å². The predicted octanol–water partition coefficient (Wildman–Crippen LogP) is 6.54.